The van der Waals surface area contributed by atoms with Crippen LogP contribution in [0.2, 0.25) is 0 Å². The minimum atomic E-state index is -0.0856. The van der Waals surface area contributed by atoms with Gasteiger partial charge in [-0.15, -0.1) is 0 Å². The Hall–Kier alpha value is -0.610. The van der Waals surface area contributed by atoms with E-state index < -0.39 is 0 Å². The van der Waals surface area contributed by atoms with Gasteiger partial charge >= 0.3 is 5.97 Å². The second-order valence-corrected chi connectivity index (χ2v) is 4.95. The van der Waals surface area contributed by atoms with E-state index in [1.807, 2.05) is 0 Å². The van der Waals surface area contributed by atoms with Crippen molar-refractivity contribution in [2.24, 2.45) is 0 Å². The summed E-state index contributed by atoms with van der Waals surface area (Å²) >= 11 is 0. The number of hydrogen-bond acceptors (Lipinski definition) is 4. The Kier molecular flexibility index (Phi) is 15.0. The zero-order valence-electron chi connectivity index (χ0n) is 12.1. The van der Waals surface area contributed by atoms with Crippen LogP contribution < -0.4 is 0 Å². The van der Waals surface area contributed by atoms with Gasteiger partial charge in [0.05, 0.1) is 6.61 Å². The normalized spacial score (nSPS) is 10.6. The fourth-order valence-corrected chi connectivity index (χ4v) is 1.91. The van der Waals surface area contributed by atoms with Crippen molar-refractivity contribution >= 4 is 5.97 Å². The molecule has 114 valence electrons. The van der Waals surface area contributed by atoms with Crippen LogP contribution in [0.3, 0.4) is 0 Å². The first-order valence-corrected chi connectivity index (χ1v) is 7.68. The molecule has 0 aromatic rings. The fourth-order valence-electron chi connectivity index (χ4n) is 1.91. The number of ether oxygens (including phenoxy) is 1. The van der Waals surface area contributed by atoms with Crippen molar-refractivity contribution in [2.45, 2.75) is 70.6 Å². The molecule has 19 heavy (non-hydrogen) atoms. The predicted octanol–water partition coefficient (Wildman–Crippen LogP) is 2.81. The molecule has 0 aliphatic rings. The van der Waals surface area contributed by atoms with Crippen molar-refractivity contribution in [3.63, 3.8) is 0 Å². The molecule has 0 bridgehead atoms. The average Bonchev–Trinajstić information content (AvgIpc) is 2.41. The summed E-state index contributed by atoms with van der Waals surface area (Å²) in [4.78, 5) is 11.4. The van der Waals surface area contributed by atoms with Crippen molar-refractivity contribution in [3.05, 3.63) is 0 Å². The lowest BCUT2D eigenvalue weighted by molar-refractivity contribution is -0.143. The van der Waals surface area contributed by atoms with E-state index in [1.165, 1.54) is 0 Å². The molecule has 2 N–H and O–H groups in total. The predicted molar refractivity (Wildman–Crippen MR) is 75.9 cm³/mol. The van der Waals surface area contributed by atoms with E-state index in [-0.39, 0.29) is 19.2 Å². The Bertz CT molecular complexity index is 195. The molecule has 0 saturated heterocycles. The molecule has 0 rings (SSSR count). The third-order valence-corrected chi connectivity index (χ3v) is 3.10. The Morgan fingerprint density at radius 3 is 1.74 bits per heavy atom. The summed E-state index contributed by atoms with van der Waals surface area (Å²) in [6, 6.07) is 0. The molecule has 0 spiro atoms. The largest absolute Gasteiger partial charge is 0.466 e. The first-order valence-electron chi connectivity index (χ1n) is 7.68. The first-order chi connectivity index (χ1) is 9.31. The van der Waals surface area contributed by atoms with Crippen LogP contribution in [0.25, 0.3) is 0 Å². The molecule has 0 heterocycles. The highest BCUT2D eigenvalue weighted by Crippen LogP contribution is 2.07. The first kappa shape index (κ1) is 18.4. The molecule has 0 radical (unpaired) electrons. The molecule has 0 unspecified atom stereocenters. The Morgan fingerprint density at radius 2 is 1.16 bits per heavy atom. The fraction of sp³-hybridized carbons (Fsp3) is 0.933. The molecule has 0 amide bonds. The highest BCUT2D eigenvalue weighted by atomic mass is 16.5. The SMILES string of the molecule is O=C(CCCCCCCO)OCCCCCCCO. The van der Waals surface area contributed by atoms with Crippen molar-refractivity contribution < 1.29 is 19.7 Å². The van der Waals surface area contributed by atoms with Gasteiger partial charge in [0.15, 0.2) is 0 Å². The maximum Gasteiger partial charge on any atom is 0.305 e. The van der Waals surface area contributed by atoms with Gasteiger partial charge in [0.2, 0.25) is 0 Å². The van der Waals surface area contributed by atoms with E-state index >= 15 is 0 Å². The number of unbranched alkanes of at least 4 members (excludes halogenated alkanes) is 8. The van der Waals surface area contributed by atoms with E-state index in [0.717, 1.165) is 64.2 Å². The molecule has 4 nitrogen and oxygen atoms in total. The lowest BCUT2D eigenvalue weighted by atomic mass is 10.1. The Labute approximate surface area is 117 Å². The number of esters is 1. The number of carbonyl (C=O) groups is 1. The topological polar surface area (TPSA) is 66.8 Å². The second-order valence-electron chi connectivity index (χ2n) is 4.95. The van der Waals surface area contributed by atoms with Crippen LogP contribution in [0.1, 0.15) is 70.6 Å². The Morgan fingerprint density at radius 1 is 0.684 bits per heavy atom. The van der Waals surface area contributed by atoms with Gasteiger partial charge < -0.3 is 14.9 Å². The van der Waals surface area contributed by atoms with Crippen LogP contribution in [0.5, 0.6) is 0 Å². The molecule has 0 aliphatic heterocycles. The van der Waals surface area contributed by atoms with E-state index in [1.54, 1.807) is 0 Å². The number of carbonyl (C=O) groups excluding carboxylic acids is 1. The Balaban J connectivity index is 3.13. The summed E-state index contributed by atoms with van der Waals surface area (Å²) in [6.45, 7) is 1.07. The van der Waals surface area contributed by atoms with Crippen LogP contribution in [0, 0.1) is 0 Å². The monoisotopic (exact) mass is 274 g/mol. The summed E-state index contributed by atoms with van der Waals surface area (Å²) < 4.78 is 5.15. The van der Waals surface area contributed by atoms with E-state index in [2.05, 4.69) is 0 Å². The number of aliphatic hydroxyl groups is 2. The third kappa shape index (κ3) is 15.3. The van der Waals surface area contributed by atoms with Crippen LogP contribution in [0.4, 0.5) is 0 Å². The van der Waals surface area contributed by atoms with Crippen molar-refractivity contribution in [3.8, 4) is 0 Å². The smallest absolute Gasteiger partial charge is 0.305 e. The molecule has 0 atom stereocenters. The summed E-state index contributed by atoms with van der Waals surface area (Å²) in [5.41, 5.74) is 0. The quantitative estimate of drug-likeness (QED) is 0.377. The maximum absolute atomic E-state index is 11.4. The van der Waals surface area contributed by atoms with Crippen molar-refractivity contribution in [1.82, 2.24) is 0 Å². The lowest BCUT2D eigenvalue weighted by Crippen LogP contribution is -2.05. The van der Waals surface area contributed by atoms with Crippen molar-refractivity contribution in [2.75, 3.05) is 19.8 Å². The van der Waals surface area contributed by atoms with E-state index in [9.17, 15) is 4.79 Å². The summed E-state index contributed by atoms with van der Waals surface area (Å²) in [5, 5.41) is 17.2. The highest BCUT2D eigenvalue weighted by Gasteiger charge is 2.02. The van der Waals surface area contributed by atoms with Gasteiger partial charge in [-0.05, 0) is 25.7 Å². The molecule has 0 aromatic heterocycles. The second kappa shape index (κ2) is 15.4. The van der Waals surface area contributed by atoms with Gasteiger partial charge in [-0.25, -0.2) is 0 Å². The minimum absolute atomic E-state index is 0.0856. The number of hydrogen-bond donors (Lipinski definition) is 2. The summed E-state index contributed by atoms with van der Waals surface area (Å²) in [5.74, 6) is -0.0856. The standard InChI is InChI=1S/C15H30O4/c16-12-8-4-1-3-7-11-15(18)19-14-10-6-2-5-9-13-17/h16-17H,1-14H2. The maximum atomic E-state index is 11.4. The molecular formula is C15H30O4. The van der Waals surface area contributed by atoms with Gasteiger partial charge in [0, 0.05) is 19.6 Å². The van der Waals surface area contributed by atoms with Crippen LogP contribution in [0.15, 0.2) is 0 Å². The zero-order valence-corrected chi connectivity index (χ0v) is 12.1. The molecule has 0 aliphatic carbocycles. The molecular weight excluding hydrogens is 244 g/mol. The molecule has 4 heteroatoms. The zero-order chi connectivity index (χ0) is 14.2. The van der Waals surface area contributed by atoms with Crippen LogP contribution in [-0.2, 0) is 9.53 Å². The van der Waals surface area contributed by atoms with Gasteiger partial charge in [0.1, 0.15) is 0 Å². The third-order valence-electron chi connectivity index (χ3n) is 3.10. The number of rotatable bonds is 14. The van der Waals surface area contributed by atoms with Crippen molar-refractivity contribution in [1.29, 1.82) is 0 Å². The lowest BCUT2D eigenvalue weighted by Gasteiger charge is -2.05. The average molecular weight is 274 g/mol. The minimum Gasteiger partial charge on any atom is -0.466 e. The summed E-state index contributed by atoms with van der Waals surface area (Å²) in [6.07, 6.45) is 10.4. The van der Waals surface area contributed by atoms with Gasteiger partial charge in [0.25, 0.3) is 0 Å². The molecule has 0 aromatic carbocycles. The van der Waals surface area contributed by atoms with Crippen LogP contribution in [-0.4, -0.2) is 36.0 Å². The number of aliphatic hydroxyl groups excluding tert-OH is 2. The van der Waals surface area contributed by atoms with Gasteiger partial charge in [-0.2, -0.15) is 0 Å². The van der Waals surface area contributed by atoms with E-state index in [4.69, 9.17) is 14.9 Å². The van der Waals surface area contributed by atoms with E-state index in [0.29, 0.717) is 13.0 Å². The van der Waals surface area contributed by atoms with Gasteiger partial charge in [-0.1, -0.05) is 38.5 Å². The molecule has 0 fully saturated rings. The van der Waals surface area contributed by atoms with Gasteiger partial charge in [-0.3, -0.25) is 4.79 Å². The summed E-state index contributed by atoms with van der Waals surface area (Å²) in [7, 11) is 0. The van der Waals surface area contributed by atoms with Crippen LogP contribution >= 0.6 is 0 Å². The highest BCUT2D eigenvalue weighted by molar-refractivity contribution is 5.69. The molecule has 0 saturated carbocycles.